The summed E-state index contributed by atoms with van der Waals surface area (Å²) in [5.41, 5.74) is 2.67. The van der Waals surface area contributed by atoms with Gasteiger partial charge in [0.05, 0.1) is 17.6 Å². The van der Waals surface area contributed by atoms with Crippen LogP contribution in [0.2, 0.25) is 0 Å². The lowest BCUT2D eigenvalue weighted by molar-refractivity contribution is -0.385. The summed E-state index contributed by atoms with van der Waals surface area (Å²) in [5.74, 6) is -0.395. The quantitative estimate of drug-likeness (QED) is 0.523. The number of aryl methyl sites for hydroxylation is 1. The number of thiophene rings is 1. The molecule has 0 unspecified atom stereocenters. The number of hydrogen-bond donors (Lipinski definition) is 1. The Morgan fingerprint density at radius 3 is 2.81 bits per heavy atom. The minimum atomic E-state index is -0.500. The van der Waals surface area contributed by atoms with Crippen molar-refractivity contribution in [1.82, 2.24) is 5.43 Å². The molecule has 6 nitrogen and oxygen atoms in total. The Morgan fingerprint density at radius 1 is 1.38 bits per heavy atom. The van der Waals surface area contributed by atoms with E-state index in [1.807, 2.05) is 19.1 Å². The number of hydrogen-bond acceptors (Lipinski definition) is 5. The Balaban J connectivity index is 1.96. The van der Waals surface area contributed by atoms with Crippen LogP contribution in [0.25, 0.3) is 0 Å². The van der Waals surface area contributed by atoms with Crippen LogP contribution < -0.4 is 5.43 Å². The van der Waals surface area contributed by atoms with E-state index in [0.717, 1.165) is 9.75 Å². The summed E-state index contributed by atoms with van der Waals surface area (Å²) in [6.07, 6.45) is 1.47. The number of rotatable bonds is 5. The van der Waals surface area contributed by atoms with Crippen LogP contribution in [0.4, 0.5) is 5.69 Å². The molecule has 2 aromatic rings. The van der Waals surface area contributed by atoms with Crippen LogP contribution in [0.15, 0.2) is 41.5 Å². The molecule has 0 atom stereocenters. The minimum Gasteiger partial charge on any atom is -0.273 e. The van der Waals surface area contributed by atoms with E-state index in [2.05, 4.69) is 10.5 Å². The number of benzene rings is 1. The second kappa shape index (κ2) is 6.76. The summed E-state index contributed by atoms with van der Waals surface area (Å²) in [4.78, 5) is 24.2. The first-order valence-electron chi connectivity index (χ1n) is 6.17. The van der Waals surface area contributed by atoms with Crippen molar-refractivity contribution in [2.24, 2.45) is 5.10 Å². The van der Waals surface area contributed by atoms with Gasteiger partial charge in [0.15, 0.2) is 0 Å². The Kier molecular flexibility index (Phi) is 4.78. The number of nitrogens with zero attached hydrogens (tertiary/aromatic N) is 2. The topological polar surface area (TPSA) is 84.6 Å². The first-order valence-corrected chi connectivity index (χ1v) is 6.98. The molecule has 0 aliphatic rings. The van der Waals surface area contributed by atoms with E-state index in [-0.39, 0.29) is 12.1 Å². The zero-order valence-electron chi connectivity index (χ0n) is 11.3. The molecule has 1 heterocycles. The molecule has 1 amide bonds. The van der Waals surface area contributed by atoms with Gasteiger partial charge in [-0.25, -0.2) is 5.43 Å². The molecular formula is C14H13N3O3S. The summed E-state index contributed by atoms with van der Waals surface area (Å²) in [6, 6.07) is 10.0. The summed E-state index contributed by atoms with van der Waals surface area (Å²) >= 11 is 1.56. The maximum absolute atomic E-state index is 11.7. The molecule has 0 aliphatic carbocycles. The first kappa shape index (κ1) is 14.9. The van der Waals surface area contributed by atoms with E-state index in [1.165, 1.54) is 6.07 Å². The standard InChI is InChI=1S/C14H13N3O3S/c1-10-6-7-12(21-10)9-15-16-14(18)8-11-4-2-3-5-13(11)17(19)20/h2-7,9H,8H2,1H3,(H,16,18). The average Bonchev–Trinajstić information content (AvgIpc) is 2.85. The van der Waals surface area contributed by atoms with Gasteiger partial charge in [-0.05, 0) is 19.1 Å². The molecule has 0 radical (unpaired) electrons. The third-order valence-corrected chi connectivity index (χ3v) is 3.62. The molecule has 0 fully saturated rings. The molecule has 0 aliphatic heterocycles. The average molecular weight is 303 g/mol. The van der Waals surface area contributed by atoms with Crippen molar-refractivity contribution < 1.29 is 9.72 Å². The Labute approximate surface area is 125 Å². The fourth-order valence-electron chi connectivity index (χ4n) is 1.74. The van der Waals surface area contributed by atoms with Gasteiger partial charge in [-0.15, -0.1) is 11.3 Å². The Bertz CT molecular complexity index is 694. The van der Waals surface area contributed by atoms with Crippen molar-refractivity contribution in [3.63, 3.8) is 0 Å². The molecule has 7 heteroatoms. The maximum Gasteiger partial charge on any atom is 0.273 e. The number of amides is 1. The Morgan fingerprint density at radius 2 is 2.14 bits per heavy atom. The van der Waals surface area contributed by atoms with Crippen LogP contribution in [0.5, 0.6) is 0 Å². The number of carbonyl (C=O) groups is 1. The smallest absolute Gasteiger partial charge is 0.273 e. The number of hydrazone groups is 1. The van der Waals surface area contributed by atoms with E-state index >= 15 is 0 Å². The molecule has 21 heavy (non-hydrogen) atoms. The molecule has 1 N–H and O–H groups in total. The van der Waals surface area contributed by atoms with Crippen LogP contribution in [0.3, 0.4) is 0 Å². The number of carbonyl (C=O) groups excluding carboxylic acids is 1. The van der Waals surface area contributed by atoms with E-state index in [4.69, 9.17) is 0 Å². The number of nitro benzene ring substituents is 1. The second-order valence-electron chi connectivity index (χ2n) is 4.30. The van der Waals surface area contributed by atoms with Crippen molar-refractivity contribution >= 4 is 29.1 Å². The molecule has 108 valence electrons. The van der Waals surface area contributed by atoms with Crippen molar-refractivity contribution in [2.75, 3.05) is 0 Å². The van der Waals surface area contributed by atoms with Crippen molar-refractivity contribution in [2.45, 2.75) is 13.3 Å². The fraction of sp³-hybridized carbons (Fsp3) is 0.143. The van der Waals surface area contributed by atoms with Gasteiger partial charge in [-0.1, -0.05) is 18.2 Å². The van der Waals surface area contributed by atoms with E-state index < -0.39 is 10.8 Å². The van der Waals surface area contributed by atoms with Gasteiger partial charge in [-0.2, -0.15) is 5.10 Å². The highest BCUT2D eigenvalue weighted by Crippen LogP contribution is 2.18. The van der Waals surface area contributed by atoms with Crippen LogP contribution in [0.1, 0.15) is 15.3 Å². The van der Waals surface area contributed by atoms with Gasteiger partial charge in [0.1, 0.15) is 0 Å². The molecule has 0 spiro atoms. The predicted molar refractivity (Wildman–Crippen MR) is 81.6 cm³/mol. The lowest BCUT2D eigenvalue weighted by atomic mass is 10.1. The Hall–Kier alpha value is -2.54. The number of nitro groups is 1. The third kappa shape index (κ3) is 4.22. The monoisotopic (exact) mass is 303 g/mol. The lowest BCUT2D eigenvalue weighted by Gasteiger charge is -2.01. The molecule has 0 saturated carbocycles. The summed E-state index contributed by atoms with van der Waals surface area (Å²) in [7, 11) is 0. The summed E-state index contributed by atoms with van der Waals surface area (Å²) in [5, 5.41) is 14.7. The van der Waals surface area contributed by atoms with Crippen molar-refractivity contribution in [3.8, 4) is 0 Å². The SMILES string of the molecule is Cc1ccc(C=NNC(=O)Cc2ccccc2[N+](=O)[O-])s1. The van der Waals surface area contributed by atoms with Crippen molar-refractivity contribution in [1.29, 1.82) is 0 Å². The number of para-hydroxylation sites is 1. The zero-order valence-corrected chi connectivity index (χ0v) is 12.1. The van der Waals surface area contributed by atoms with Crippen LogP contribution in [-0.2, 0) is 11.2 Å². The third-order valence-electron chi connectivity index (χ3n) is 2.68. The van der Waals surface area contributed by atoms with E-state index in [9.17, 15) is 14.9 Å². The van der Waals surface area contributed by atoms with Crippen molar-refractivity contribution in [3.05, 3.63) is 61.8 Å². The lowest BCUT2D eigenvalue weighted by Crippen LogP contribution is -2.20. The first-order chi connectivity index (χ1) is 10.1. The van der Waals surface area contributed by atoms with Gasteiger partial charge in [-0.3, -0.25) is 14.9 Å². The van der Waals surface area contributed by atoms with Gasteiger partial charge < -0.3 is 0 Å². The number of nitrogens with one attached hydrogen (secondary N) is 1. The van der Waals surface area contributed by atoms with Crippen LogP contribution >= 0.6 is 11.3 Å². The normalized spacial score (nSPS) is 10.7. The zero-order chi connectivity index (χ0) is 15.2. The predicted octanol–water partition coefficient (Wildman–Crippen LogP) is 2.66. The molecule has 1 aromatic carbocycles. The van der Waals surface area contributed by atoms with Gasteiger partial charge in [0.2, 0.25) is 5.91 Å². The fourth-order valence-corrected chi connectivity index (χ4v) is 2.49. The van der Waals surface area contributed by atoms with Gasteiger partial charge in [0, 0.05) is 21.4 Å². The van der Waals surface area contributed by atoms with Crippen LogP contribution in [0, 0.1) is 17.0 Å². The highest BCUT2D eigenvalue weighted by Gasteiger charge is 2.14. The molecule has 1 aromatic heterocycles. The highest BCUT2D eigenvalue weighted by molar-refractivity contribution is 7.13. The van der Waals surface area contributed by atoms with Crippen LogP contribution in [-0.4, -0.2) is 17.0 Å². The largest absolute Gasteiger partial charge is 0.273 e. The van der Waals surface area contributed by atoms with E-state index in [0.29, 0.717) is 5.56 Å². The minimum absolute atomic E-state index is 0.0643. The van der Waals surface area contributed by atoms with E-state index in [1.54, 1.807) is 35.8 Å². The van der Waals surface area contributed by atoms with Gasteiger partial charge >= 0.3 is 0 Å². The summed E-state index contributed by atoms with van der Waals surface area (Å²) < 4.78 is 0. The maximum atomic E-state index is 11.7. The van der Waals surface area contributed by atoms with Gasteiger partial charge in [0.25, 0.3) is 5.69 Å². The molecular weight excluding hydrogens is 290 g/mol. The highest BCUT2D eigenvalue weighted by atomic mass is 32.1. The second-order valence-corrected chi connectivity index (χ2v) is 5.62. The molecule has 0 saturated heterocycles. The molecule has 2 rings (SSSR count). The summed E-state index contributed by atoms with van der Waals surface area (Å²) in [6.45, 7) is 1.98. The molecule has 0 bridgehead atoms.